The Morgan fingerprint density at radius 1 is 1.32 bits per heavy atom. The lowest BCUT2D eigenvalue weighted by molar-refractivity contribution is 0.141. The monoisotopic (exact) mass is 264 g/mol. The van der Waals surface area contributed by atoms with Crippen LogP contribution in [0.25, 0.3) is 0 Å². The second kappa shape index (κ2) is 6.66. The zero-order valence-electron chi connectivity index (χ0n) is 11.6. The molecule has 1 aliphatic carbocycles. The number of nitrogens with two attached hydrogens (primary N) is 1. The van der Waals surface area contributed by atoms with Crippen LogP contribution in [0.15, 0.2) is 18.2 Å². The number of methoxy groups -OCH3 is 1. The number of anilines is 2. The first kappa shape index (κ1) is 14.0. The molecule has 0 bridgehead atoms. The first-order valence-corrected chi connectivity index (χ1v) is 7.03. The van der Waals surface area contributed by atoms with Crippen LogP contribution in [0.5, 0.6) is 5.75 Å². The molecule has 1 aromatic carbocycles. The Morgan fingerprint density at radius 2 is 2.05 bits per heavy atom. The fraction of sp³-hybridized carbons (Fsp3) is 0.600. The smallest absolute Gasteiger partial charge is 0.121 e. The number of nitrogen functional groups attached to an aromatic ring is 1. The normalized spacial score (nSPS) is 23.1. The van der Waals surface area contributed by atoms with E-state index < -0.39 is 0 Å². The van der Waals surface area contributed by atoms with Crippen LogP contribution < -0.4 is 15.8 Å². The van der Waals surface area contributed by atoms with Crippen LogP contribution in [0.4, 0.5) is 11.4 Å². The average molecular weight is 264 g/mol. The molecule has 0 aromatic heterocycles. The van der Waals surface area contributed by atoms with Crippen molar-refractivity contribution in [3.8, 4) is 5.75 Å². The Bertz CT molecular complexity index is 409. The van der Waals surface area contributed by atoms with E-state index in [1.807, 2.05) is 18.2 Å². The molecule has 4 N–H and O–H groups in total. The molecule has 1 aliphatic rings. The number of nitrogens with one attached hydrogen (secondary N) is 1. The van der Waals surface area contributed by atoms with Crippen molar-refractivity contribution in [3.05, 3.63) is 18.2 Å². The van der Waals surface area contributed by atoms with Crippen molar-refractivity contribution in [1.82, 2.24) is 0 Å². The summed E-state index contributed by atoms with van der Waals surface area (Å²) in [5.74, 6) is 1.76. The summed E-state index contributed by atoms with van der Waals surface area (Å²) in [7, 11) is 1.65. The summed E-state index contributed by atoms with van der Waals surface area (Å²) in [5, 5.41) is 12.8. The summed E-state index contributed by atoms with van der Waals surface area (Å²) in [6.07, 6.45) is 4.82. The standard InChI is InChI=1S/C15H24N2O2/c1-19-13-6-7-14(16)15(8-13)17-9-11-4-2-3-5-12(11)10-18/h6-8,11-12,17-18H,2-5,9-10,16H2,1H3. The summed E-state index contributed by atoms with van der Waals surface area (Å²) < 4.78 is 5.21. The van der Waals surface area contributed by atoms with Gasteiger partial charge in [-0.25, -0.2) is 0 Å². The SMILES string of the molecule is COc1ccc(N)c(NCC2CCCCC2CO)c1. The molecule has 0 saturated heterocycles. The molecule has 19 heavy (non-hydrogen) atoms. The summed E-state index contributed by atoms with van der Waals surface area (Å²) in [4.78, 5) is 0. The molecule has 4 nitrogen and oxygen atoms in total. The van der Waals surface area contributed by atoms with Gasteiger partial charge in [0.15, 0.2) is 0 Å². The van der Waals surface area contributed by atoms with E-state index in [4.69, 9.17) is 10.5 Å². The molecule has 1 aromatic rings. The zero-order chi connectivity index (χ0) is 13.7. The van der Waals surface area contributed by atoms with Gasteiger partial charge in [-0.2, -0.15) is 0 Å². The van der Waals surface area contributed by atoms with Crippen molar-refractivity contribution < 1.29 is 9.84 Å². The Morgan fingerprint density at radius 3 is 2.74 bits per heavy atom. The Balaban J connectivity index is 1.97. The minimum Gasteiger partial charge on any atom is -0.497 e. The summed E-state index contributed by atoms with van der Waals surface area (Å²) in [5.41, 5.74) is 7.61. The van der Waals surface area contributed by atoms with Gasteiger partial charge in [-0.05, 0) is 36.8 Å². The third-order valence-electron chi connectivity index (χ3n) is 4.12. The van der Waals surface area contributed by atoms with Crippen LogP contribution in [0, 0.1) is 11.8 Å². The van der Waals surface area contributed by atoms with E-state index >= 15 is 0 Å². The van der Waals surface area contributed by atoms with Crippen molar-refractivity contribution in [2.24, 2.45) is 11.8 Å². The van der Waals surface area contributed by atoms with Gasteiger partial charge in [0.1, 0.15) is 5.75 Å². The molecular weight excluding hydrogens is 240 g/mol. The lowest BCUT2D eigenvalue weighted by Crippen LogP contribution is -2.28. The number of aliphatic hydroxyl groups excluding tert-OH is 1. The van der Waals surface area contributed by atoms with Crippen LogP contribution in [-0.2, 0) is 0 Å². The second-order valence-corrected chi connectivity index (χ2v) is 5.32. The van der Waals surface area contributed by atoms with E-state index in [1.54, 1.807) is 7.11 Å². The lowest BCUT2D eigenvalue weighted by atomic mass is 9.79. The van der Waals surface area contributed by atoms with Gasteiger partial charge in [-0.3, -0.25) is 0 Å². The maximum absolute atomic E-state index is 9.42. The first-order valence-electron chi connectivity index (χ1n) is 7.03. The van der Waals surface area contributed by atoms with Crippen molar-refractivity contribution >= 4 is 11.4 Å². The van der Waals surface area contributed by atoms with E-state index in [1.165, 1.54) is 19.3 Å². The molecule has 0 amide bonds. The number of rotatable bonds is 5. The number of hydrogen-bond donors (Lipinski definition) is 3. The lowest BCUT2D eigenvalue weighted by Gasteiger charge is -2.30. The maximum atomic E-state index is 9.42. The number of ether oxygens (including phenoxy) is 1. The maximum Gasteiger partial charge on any atom is 0.121 e. The molecule has 2 atom stereocenters. The molecule has 2 rings (SSSR count). The van der Waals surface area contributed by atoms with E-state index in [2.05, 4.69) is 5.32 Å². The van der Waals surface area contributed by atoms with E-state index in [9.17, 15) is 5.11 Å². The van der Waals surface area contributed by atoms with Gasteiger partial charge in [0.25, 0.3) is 0 Å². The summed E-state index contributed by atoms with van der Waals surface area (Å²) >= 11 is 0. The summed E-state index contributed by atoms with van der Waals surface area (Å²) in [6.45, 7) is 1.16. The van der Waals surface area contributed by atoms with Crippen LogP contribution in [0.3, 0.4) is 0 Å². The predicted molar refractivity (Wildman–Crippen MR) is 78.4 cm³/mol. The topological polar surface area (TPSA) is 67.5 Å². The minimum absolute atomic E-state index is 0.292. The van der Waals surface area contributed by atoms with E-state index in [-0.39, 0.29) is 0 Å². The minimum atomic E-state index is 0.292. The Hall–Kier alpha value is -1.42. The zero-order valence-corrected chi connectivity index (χ0v) is 11.6. The van der Waals surface area contributed by atoms with Gasteiger partial charge in [0, 0.05) is 19.2 Å². The molecule has 0 radical (unpaired) electrons. The van der Waals surface area contributed by atoms with Crippen molar-refractivity contribution in [3.63, 3.8) is 0 Å². The van der Waals surface area contributed by atoms with Gasteiger partial charge in [0.2, 0.25) is 0 Å². The van der Waals surface area contributed by atoms with E-state index in [0.717, 1.165) is 30.1 Å². The number of aliphatic hydroxyl groups is 1. The van der Waals surface area contributed by atoms with Gasteiger partial charge in [-0.1, -0.05) is 12.8 Å². The van der Waals surface area contributed by atoms with Gasteiger partial charge >= 0.3 is 0 Å². The largest absolute Gasteiger partial charge is 0.497 e. The molecule has 0 spiro atoms. The molecule has 0 aliphatic heterocycles. The first-order chi connectivity index (χ1) is 9.24. The molecular formula is C15H24N2O2. The van der Waals surface area contributed by atoms with E-state index in [0.29, 0.717) is 18.4 Å². The quantitative estimate of drug-likeness (QED) is 0.715. The molecule has 1 saturated carbocycles. The van der Waals surface area contributed by atoms with Crippen molar-refractivity contribution in [2.45, 2.75) is 25.7 Å². The molecule has 1 fully saturated rings. The van der Waals surface area contributed by atoms with Crippen LogP contribution in [0.1, 0.15) is 25.7 Å². The second-order valence-electron chi connectivity index (χ2n) is 5.32. The number of benzene rings is 1. The third kappa shape index (κ3) is 3.53. The molecule has 0 heterocycles. The van der Waals surface area contributed by atoms with Gasteiger partial charge in [0.05, 0.1) is 18.5 Å². The highest BCUT2D eigenvalue weighted by molar-refractivity contribution is 5.68. The highest BCUT2D eigenvalue weighted by Gasteiger charge is 2.24. The average Bonchev–Trinajstić information content (AvgIpc) is 2.46. The van der Waals surface area contributed by atoms with Crippen LogP contribution in [0.2, 0.25) is 0 Å². The van der Waals surface area contributed by atoms with Gasteiger partial charge < -0.3 is 20.9 Å². The van der Waals surface area contributed by atoms with Crippen molar-refractivity contribution in [2.75, 3.05) is 31.3 Å². The van der Waals surface area contributed by atoms with Crippen molar-refractivity contribution in [1.29, 1.82) is 0 Å². The highest BCUT2D eigenvalue weighted by Crippen LogP contribution is 2.31. The fourth-order valence-electron chi connectivity index (χ4n) is 2.85. The Kier molecular flexibility index (Phi) is 4.91. The van der Waals surface area contributed by atoms with Crippen LogP contribution >= 0.6 is 0 Å². The molecule has 106 valence electrons. The molecule has 4 heteroatoms. The number of hydrogen-bond acceptors (Lipinski definition) is 4. The predicted octanol–water partition coefficient (Wildman–Crippen LogP) is 2.49. The fourth-order valence-corrected chi connectivity index (χ4v) is 2.85. The molecule has 2 unspecified atom stereocenters. The summed E-state index contributed by atoms with van der Waals surface area (Å²) in [6, 6.07) is 5.63. The highest BCUT2D eigenvalue weighted by atomic mass is 16.5. The third-order valence-corrected chi connectivity index (χ3v) is 4.12. The van der Waals surface area contributed by atoms with Crippen LogP contribution in [-0.4, -0.2) is 25.4 Å². The Labute approximate surface area is 115 Å². The van der Waals surface area contributed by atoms with Gasteiger partial charge in [-0.15, -0.1) is 0 Å².